The fraction of sp³-hybridized carbons (Fsp3) is 0.0435. The molecule has 3 heteroatoms. The van der Waals surface area contributed by atoms with Crippen molar-refractivity contribution >= 4 is 0 Å². The Morgan fingerprint density at radius 1 is 0.615 bits per heavy atom. The van der Waals surface area contributed by atoms with E-state index in [2.05, 4.69) is 0 Å². The van der Waals surface area contributed by atoms with Gasteiger partial charge in [0.25, 0.3) is 5.56 Å². The van der Waals surface area contributed by atoms with E-state index in [4.69, 9.17) is 4.98 Å². The van der Waals surface area contributed by atoms with E-state index in [-0.39, 0.29) is 5.56 Å². The van der Waals surface area contributed by atoms with Crippen molar-refractivity contribution in [3.63, 3.8) is 0 Å². The van der Waals surface area contributed by atoms with Gasteiger partial charge in [-0.3, -0.25) is 4.79 Å². The van der Waals surface area contributed by atoms with Gasteiger partial charge in [0.2, 0.25) is 0 Å². The van der Waals surface area contributed by atoms with Crippen molar-refractivity contribution in [2.45, 2.75) is 0 Å². The molecule has 0 aliphatic rings. The number of rotatable bonds is 3. The maximum Gasteiger partial charge on any atom is 0.277 e. The van der Waals surface area contributed by atoms with Crippen LogP contribution in [0.1, 0.15) is 0 Å². The Morgan fingerprint density at radius 3 is 1.54 bits per heavy atom. The second kappa shape index (κ2) is 6.81. The van der Waals surface area contributed by atoms with Crippen LogP contribution >= 0.6 is 0 Å². The smallest absolute Gasteiger partial charge is 0.277 e. The maximum atomic E-state index is 13.0. The number of hydrogen-bond donors (Lipinski definition) is 0. The van der Waals surface area contributed by atoms with E-state index in [1.54, 1.807) is 4.57 Å². The van der Waals surface area contributed by atoms with Gasteiger partial charge in [0.1, 0.15) is 5.69 Å². The molecular formula is C23H18N2O. The predicted octanol–water partition coefficient (Wildman–Crippen LogP) is 4.78. The molecule has 0 N–H and O–H groups in total. The molecule has 1 aromatic heterocycles. The van der Waals surface area contributed by atoms with E-state index in [1.807, 2.05) is 98.0 Å². The molecular weight excluding hydrogens is 320 g/mol. The van der Waals surface area contributed by atoms with Crippen molar-refractivity contribution in [3.8, 4) is 33.8 Å². The van der Waals surface area contributed by atoms with E-state index < -0.39 is 0 Å². The van der Waals surface area contributed by atoms with E-state index in [0.29, 0.717) is 5.69 Å². The van der Waals surface area contributed by atoms with Crippen molar-refractivity contribution in [1.29, 1.82) is 0 Å². The molecule has 126 valence electrons. The second-order valence-corrected chi connectivity index (χ2v) is 6.12. The lowest BCUT2D eigenvalue weighted by molar-refractivity contribution is 0.858. The lowest BCUT2D eigenvalue weighted by atomic mass is 10.0. The summed E-state index contributed by atoms with van der Waals surface area (Å²) in [7, 11) is 1.81. The molecule has 0 amide bonds. The first kappa shape index (κ1) is 16.0. The highest BCUT2D eigenvalue weighted by Crippen LogP contribution is 2.30. The minimum atomic E-state index is -0.102. The van der Waals surface area contributed by atoms with Crippen LogP contribution < -0.4 is 5.56 Å². The van der Waals surface area contributed by atoms with Crippen LogP contribution in [0.3, 0.4) is 0 Å². The summed E-state index contributed by atoms with van der Waals surface area (Å²) in [4.78, 5) is 17.9. The number of aromatic nitrogens is 2. The highest BCUT2D eigenvalue weighted by Gasteiger charge is 2.18. The Morgan fingerprint density at radius 2 is 1.04 bits per heavy atom. The summed E-state index contributed by atoms with van der Waals surface area (Å²) in [6.45, 7) is 0. The molecule has 0 bridgehead atoms. The molecule has 0 spiro atoms. The molecule has 3 aromatic carbocycles. The van der Waals surface area contributed by atoms with Crippen molar-refractivity contribution in [1.82, 2.24) is 9.55 Å². The molecule has 3 nitrogen and oxygen atoms in total. The molecule has 0 unspecified atom stereocenters. The monoisotopic (exact) mass is 338 g/mol. The second-order valence-electron chi connectivity index (χ2n) is 6.12. The summed E-state index contributed by atoms with van der Waals surface area (Å²) >= 11 is 0. The summed E-state index contributed by atoms with van der Waals surface area (Å²) in [6, 6.07) is 29.5. The largest absolute Gasteiger partial charge is 0.307 e. The summed E-state index contributed by atoms with van der Waals surface area (Å²) in [5.74, 6) is 0. The molecule has 0 atom stereocenters. The minimum absolute atomic E-state index is 0.102. The first-order valence-corrected chi connectivity index (χ1v) is 8.53. The van der Waals surface area contributed by atoms with Crippen LogP contribution in [0.25, 0.3) is 33.8 Å². The van der Waals surface area contributed by atoms with Crippen LogP contribution in [-0.2, 0) is 7.05 Å². The van der Waals surface area contributed by atoms with Crippen LogP contribution in [-0.4, -0.2) is 9.55 Å². The zero-order valence-corrected chi connectivity index (χ0v) is 14.5. The van der Waals surface area contributed by atoms with E-state index in [9.17, 15) is 4.79 Å². The average Bonchev–Trinajstić information content (AvgIpc) is 2.72. The summed E-state index contributed by atoms with van der Waals surface area (Å²) in [5.41, 5.74) is 4.77. The van der Waals surface area contributed by atoms with Gasteiger partial charge in [0.15, 0.2) is 0 Å². The molecule has 26 heavy (non-hydrogen) atoms. The number of nitrogens with zero attached hydrogens (tertiary/aromatic N) is 2. The topological polar surface area (TPSA) is 34.9 Å². The molecule has 4 aromatic rings. The van der Waals surface area contributed by atoms with Gasteiger partial charge in [-0.15, -0.1) is 0 Å². The lowest BCUT2D eigenvalue weighted by Crippen LogP contribution is -2.23. The van der Waals surface area contributed by atoms with Gasteiger partial charge in [-0.25, -0.2) is 4.98 Å². The summed E-state index contributed by atoms with van der Waals surface area (Å²) < 4.78 is 1.70. The molecule has 0 saturated heterocycles. The third-order valence-electron chi connectivity index (χ3n) is 4.43. The summed E-state index contributed by atoms with van der Waals surface area (Å²) in [5, 5.41) is 0. The quantitative estimate of drug-likeness (QED) is 0.539. The van der Waals surface area contributed by atoms with Gasteiger partial charge in [-0.2, -0.15) is 0 Å². The van der Waals surface area contributed by atoms with Crippen LogP contribution in [0.2, 0.25) is 0 Å². The van der Waals surface area contributed by atoms with Crippen LogP contribution in [0.4, 0.5) is 0 Å². The fourth-order valence-electron chi connectivity index (χ4n) is 3.14. The number of hydrogen-bond acceptors (Lipinski definition) is 2. The van der Waals surface area contributed by atoms with Crippen molar-refractivity contribution in [2.24, 2.45) is 7.05 Å². The van der Waals surface area contributed by atoms with Gasteiger partial charge >= 0.3 is 0 Å². The van der Waals surface area contributed by atoms with Crippen LogP contribution in [0.5, 0.6) is 0 Å². The zero-order valence-electron chi connectivity index (χ0n) is 14.5. The first-order valence-electron chi connectivity index (χ1n) is 8.53. The Kier molecular flexibility index (Phi) is 4.20. The van der Waals surface area contributed by atoms with Crippen molar-refractivity contribution in [3.05, 3.63) is 101 Å². The van der Waals surface area contributed by atoms with Gasteiger partial charge < -0.3 is 4.57 Å². The Hall–Kier alpha value is -3.46. The number of benzene rings is 3. The third kappa shape index (κ3) is 2.84. The van der Waals surface area contributed by atoms with E-state index in [0.717, 1.165) is 28.1 Å². The fourth-order valence-corrected chi connectivity index (χ4v) is 3.14. The molecule has 4 rings (SSSR count). The van der Waals surface area contributed by atoms with Crippen LogP contribution in [0, 0.1) is 0 Å². The van der Waals surface area contributed by atoms with Gasteiger partial charge in [-0.05, 0) is 0 Å². The van der Waals surface area contributed by atoms with Crippen LogP contribution in [0.15, 0.2) is 95.8 Å². The zero-order chi connectivity index (χ0) is 17.9. The molecule has 0 radical (unpaired) electrons. The highest BCUT2D eigenvalue weighted by atomic mass is 16.1. The highest BCUT2D eigenvalue weighted by molar-refractivity contribution is 5.80. The third-order valence-corrected chi connectivity index (χ3v) is 4.43. The Labute approximate surface area is 152 Å². The van der Waals surface area contributed by atoms with Gasteiger partial charge in [-0.1, -0.05) is 91.0 Å². The van der Waals surface area contributed by atoms with E-state index in [1.165, 1.54) is 0 Å². The lowest BCUT2D eigenvalue weighted by Gasteiger charge is -2.16. The molecule has 0 fully saturated rings. The minimum Gasteiger partial charge on any atom is -0.307 e. The normalized spacial score (nSPS) is 10.7. The Bertz CT molecular complexity index is 1090. The first-order chi connectivity index (χ1) is 12.8. The maximum absolute atomic E-state index is 13.0. The van der Waals surface area contributed by atoms with E-state index >= 15 is 0 Å². The molecule has 1 heterocycles. The van der Waals surface area contributed by atoms with Gasteiger partial charge in [0.05, 0.1) is 11.4 Å². The van der Waals surface area contributed by atoms with Crippen molar-refractivity contribution < 1.29 is 0 Å². The Balaban J connectivity index is 2.06. The van der Waals surface area contributed by atoms with Crippen molar-refractivity contribution in [2.75, 3.05) is 0 Å². The molecule has 0 aliphatic heterocycles. The standard InChI is InChI=1S/C23H18N2O/c1-25-22(19-15-9-4-10-16-19)20(17-11-5-2-6-12-17)24-21(23(25)26)18-13-7-3-8-14-18/h2-16H,1H3. The molecule has 0 aliphatic carbocycles. The average molecular weight is 338 g/mol. The SMILES string of the molecule is Cn1c(-c2ccccc2)c(-c2ccccc2)nc(-c2ccccc2)c1=O. The molecule has 0 saturated carbocycles. The van der Waals surface area contributed by atoms with Gasteiger partial charge in [0, 0.05) is 23.7 Å². The summed E-state index contributed by atoms with van der Waals surface area (Å²) in [6.07, 6.45) is 0. The predicted molar refractivity (Wildman–Crippen MR) is 106 cm³/mol.